The minimum absolute atomic E-state index is 0.701. The largest absolute Gasteiger partial charge is 0.536 e. The molecule has 1 aliphatic heterocycles. The maximum Gasteiger partial charge on any atom is 0.536 e. The number of rotatable bonds is 7. The Morgan fingerprint density at radius 2 is 1.54 bits per heavy atom. The Kier molecular flexibility index (Phi) is 6.25. The standard InChI is InChI=1S/C22H28N2O3Si/c1-17-12-18(2)22(19(3)13-17)24-11-10-23(16-24)15-20-8-7-9-21(14-20)28(25-4,26-5)27-6/h7-14H,15H2,1-6H3. The topological polar surface area (TPSA) is 34.2 Å². The van der Waals surface area contributed by atoms with Gasteiger partial charge in [-0.1, -0.05) is 42.0 Å². The molecule has 0 bridgehead atoms. The third kappa shape index (κ3) is 4.00. The second-order valence-electron chi connectivity index (χ2n) is 7.01. The van der Waals surface area contributed by atoms with Crippen LogP contribution in [0.2, 0.25) is 0 Å². The van der Waals surface area contributed by atoms with E-state index in [0.29, 0.717) is 6.54 Å². The molecule has 0 amide bonds. The molecule has 148 valence electrons. The fourth-order valence-corrected chi connectivity index (χ4v) is 5.65. The third-order valence-corrected chi connectivity index (χ3v) is 7.58. The van der Waals surface area contributed by atoms with Crippen molar-refractivity contribution in [3.63, 3.8) is 0 Å². The molecule has 0 N–H and O–H groups in total. The van der Waals surface area contributed by atoms with Gasteiger partial charge < -0.3 is 23.1 Å². The Bertz CT molecular complexity index is 833. The van der Waals surface area contributed by atoms with E-state index in [1.165, 1.54) is 22.4 Å². The maximum absolute atomic E-state index is 5.60. The lowest BCUT2D eigenvalue weighted by Crippen LogP contribution is -2.54. The van der Waals surface area contributed by atoms with Crippen LogP contribution >= 0.6 is 0 Å². The molecule has 0 atom stereocenters. The highest BCUT2D eigenvalue weighted by molar-refractivity contribution is 6.75. The van der Waals surface area contributed by atoms with Crippen molar-refractivity contribution in [2.75, 3.05) is 26.2 Å². The molecular formula is C22H28N2O3Si. The van der Waals surface area contributed by atoms with Crippen molar-refractivity contribution in [3.05, 3.63) is 77.7 Å². The van der Waals surface area contributed by atoms with Crippen LogP contribution in [0, 0.1) is 27.4 Å². The molecule has 1 heterocycles. The predicted octanol–water partition coefficient (Wildman–Crippen LogP) is 3.49. The minimum atomic E-state index is -2.83. The van der Waals surface area contributed by atoms with Gasteiger partial charge in [-0.05, 0) is 37.5 Å². The van der Waals surface area contributed by atoms with Crippen LogP contribution in [-0.4, -0.2) is 35.0 Å². The summed E-state index contributed by atoms with van der Waals surface area (Å²) in [6.45, 7) is 10.5. The second-order valence-corrected chi connectivity index (χ2v) is 9.93. The Morgan fingerprint density at radius 1 is 0.893 bits per heavy atom. The molecule has 0 aromatic heterocycles. The van der Waals surface area contributed by atoms with Crippen LogP contribution in [0.3, 0.4) is 0 Å². The van der Waals surface area contributed by atoms with Crippen LogP contribution in [0.5, 0.6) is 0 Å². The third-order valence-electron chi connectivity index (χ3n) is 4.95. The van der Waals surface area contributed by atoms with E-state index in [0.717, 1.165) is 10.8 Å². The zero-order valence-electron chi connectivity index (χ0n) is 17.4. The molecule has 0 unspecified atom stereocenters. The predicted molar refractivity (Wildman–Crippen MR) is 114 cm³/mol. The van der Waals surface area contributed by atoms with E-state index in [1.54, 1.807) is 21.3 Å². The molecule has 28 heavy (non-hydrogen) atoms. The Morgan fingerprint density at radius 3 is 2.14 bits per heavy atom. The molecule has 0 saturated carbocycles. The smallest absolute Gasteiger partial charge is 0.373 e. The summed E-state index contributed by atoms with van der Waals surface area (Å²) in [4.78, 5) is 4.11. The summed E-state index contributed by atoms with van der Waals surface area (Å²) in [7, 11) is 2.04. The zero-order chi connectivity index (χ0) is 20.3. The first-order valence-corrected chi connectivity index (χ1v) is 11.0. The molecule has 0 fully saturated rings. The van der Waals surface area contributed by atoms with Crippen LogP contribution in [0.4, 0.5) is 5.69 Å². The summed E-state index contributed by atoms with van der Waals surface area (Å²) in [5, 5.41) is 0.947. The van der Waals surface area contributed by atoms with E-state index in [9.17, 15) is 0 Å². The highest BCUT2D eigenvalue weighted by Crippen LogP contribution is 2.30. The number of aryl methyl sites for hydroxylation is 3. The van der Waals surface area contributed by atoms with E-state index in [4.69, 9.17) is 13.3 Å². The van der Waals surface area contributed by atoms with Crippen molar-refractivity contribution >= 4 is 19.7 Å². The molecule has 2 aromatic carbocycles. The van der Waals surface area contributed by atoms with Gasteiger partial charge in [0.2, 0.25) is 6.67 Å². The van der Waals surface area contributed by atoms with Gasteiger partial charge in [-0.2, -0.15) is 0 Å². The summed E-state index contributed by atoms with van der Waals surface area (Å²) in [5.41, 5.74) is 6.08. The number of hydrogen-bond acceptors (Lipinski definition) is 5. The van der Waals surface area contributed by atoms with E-state index >= 15 is 0 Å². The van der Waals surface area contributed by atoms with Crippen molar-refractivity contribution in [1.29, 1.82) is 0 Å². The van der Waals surface area contributed by atoms with Gasteiger partial charge in [0.25, 0.3) is 0 Å². The highest BCUT2D eigenvalue weighted by atomic mass is 28.4. The summed E-state index contributed by atoms with van der Waals surface area (Å²) >= 11 is 0. The molecule has 2 aromatic rings. The monoisotopic (exact) mass is 396 g/mol. The Hall–Kier alpha value is -2.12. The molecule has 0 spiro atoms. The van der Waals surface area contributed by atoms with E-state index < -0.39 is 8.80 Å². The van der Waals surface area contributed by atoms with Gasteiger partial charge in [0.05, 0.1) is 0 Å². The molecule has 2 radical (unpaired) electrons. The van der Waals surface area contributed by atoms with Crippen LogP contribution in [-0.2, 0) is 19.8 Å². The Labute approximate surface area is 169 Å². The normalized spacial score (nSPS) is 14.2. The van der Waals surface area contributed by atoms with Gasteiger partial charge >= 0.3 is 8.80 Å². The molecule has 0 aliphatic carbocycles. The van der Waals surface area contributed by atoms with Crippen LogP contribution in [0.25, 0.3) is 0 Å². The molecule has 5 nitrogen and oxygen atoms in total. The Balaban J connectivity index is 1.75. The van der Waals surface area contributed by atoms with Gasteiger partial charge in [0.15, 0.2) is 0 Å². The molecular weight excluding hydrogens is 368 g/mol. The van der Waals surface area contributed by atoms with Crippen molar-refractivity contribution in [1.82, 2.24) is 4.90 Å². The molecule has 6 heteroatoms. The SMILES string of the molecule is CO[Si](OC)(OC)c1cccc(CN2[C]N(c3c(C)cc(C)cc3C)C=C2)c1. The van der Waals surface area contributed by atoms with Gasteiger partial charge in [0, 0.05) is 51.1 Å². The molecule has 1 aliphatic rings. The van der Waals surface area contributed by atoms with Crippen molar-refractivity contribution < 1.29 is 13.3 Å². The highest BCUT2D eigenvalue weighted by Gasteiger charge is 2.40. The van der Waals surface area contributed by atoms with Crippen LogP contribution in [0.15, 0.2) is 48.8 Å². The number of anilines is 1. The summed E-state index contributed by atoms with van der Waals surface area (Å²) in [6.07, 6.45) is 4.09. The van der Waals surface area contributed by atoms with E-state index in [2.05, 4.69) is 56.6 Å². The average molecular weight is 397 g/mol. The minimum Gasteiger partial charge on any atom is -0.373 e. The second kappa shape index (κ2) is 8.49. The fraction of sp³-hybridized carbons (Fsp3) is 0.318. The quantitative estimate of drug-likeness (QED) is 0.670. The fourth-order valence-electron chi connectivity index (χ4n) is 3.78. The first kappa shape index (κ1) is 20.6. The summed E-state index contributed by atoms with van der Waals surface area (Å²) in [6, 6.07) is 12.6. The van der Waals surface area contributed by atoms with Gasteiger partial charge in [-0.3, -0.25) is 0 Å². The maximum atomic E-state index is 5.60. The lowest BCUT2D eigenvalue weighted by Gasteiger charge is -2.25. The number of hydrogen-bond donors (Lipinski definition) is 0. The lowest BCUT2D eigenvalue weighted by atomic mass is 10.0. The van der Waals surface area contributed by atoms with Gasteiger partial charge in [-0.15, -0.1) is 0 Å². The first-order valence-electron chi connectivity index (χ1n) is 9.25. The number of benzene rings is 2. The van der Waals surface area contributed by atoms with E-state index in [-0.39, 0.29) is 0 Å². The molecule has 0 saturated heterocycles. The number of nitrogens with zero attached hydrogens (tertiary/aromatic N) is 2. The van der Waals surface area contributed by atoms with Crippen molar-refractivity contribution in [2.45, 2.75) is 27.3 Å². The van der Waals surface area contributed by atoms with Crippen LogP contribution < -0.4 is 10.1 Å². The van der Waals surface area contributed by atoms with E-state index in [1.807, 2.05) is 29.4 Å². The first-order chi connectivity index (χ1) is 13.4. The van der Waals surface area contributed by atoms with Gasteiger partial charge in [-0.25, -0.2) is 0 Å². The van der Waals surface area contributed by atoms with Crippen LogP contribution in [0.1, 0.15) is 22.3 Å². The summed E-state index contributed by atoms with van der Waals surface area (Å²) < 4.78 is 16.8. The van der Waals surface area contributed by atoms with Gasteiger partial charge in [0.1, 0.15) is 0 Å². The summed E-state index contributed by atoms with van der Waals surface area (Å²) in [5.74, 6) is 0. The van der Waals surface area contributed by atoms with Crippen molar-refractivity contribution in [2.24, 2.45) is 0 Å². The molecule has 3 rings (SSSR count). The average Bonchev–Trinajstić information content (AvgIpc) is 3.11. The zero-order valence-corrected chi connectivity index (χ0v) is 18.4. The lowest BCUT2D eigenvalue weighted by molar-refractivity contribution is 0.140. The van der Waals surface area contributed by atoms with Crippen molar-refractivity contribution in [3.8, 4) is 0 Å².